The van der Waals surface area contributed by atoms with E-state index in [1.165, 1.54) is 12.1 Å². The number of halogens is 1. The molecule has 25 heavy (non-hydrogen) atoms. The van der Waals surface area contributed by atoms with E-state index in [9.17, 15) is 8.96 Å². The first-order valence-corrected chi connectivity index (χ1v) is 20.3. The lowest BCUT2D eigenvalue weighted by Gasteiger charge is -2.38. The molecule has 0 N–H and O–H groups in total. The fourth-order valence-electron chi connectivity index (χ4n) is 2.16. The topological polar surface area (TPSA) is 44.8 Å². The molecule has 1 aromatic carbocycles. The van der Waals surface area contributed by atoms with Crippen molar-refractivity contribution in [2.24, 2.45) is 0 Å². The standard InChI is InChI=1S/C16H32FO4PSi3/c1-23(2,3)19-16(14-10-12-15(17)13-11-14)22(18,20-24(4,5)6)21-25(7,8)9/h10-13,16H,1-9H3. The third-order valence-electron chi connectivity index (χ3n) is 2.71. The molecule has 0 spiro atoms. The van der Waals surface area contributed by atoms with Crippen molar-refractivity contribution in [3.8, 4) is 0 Å². The van der Waals surface area contributed by atoms with Crippen molar-refractivity contribution in [2.45, 2.75) is 64.8 Å². The summed E-state index contributed by atoms with van der Waals surface area (Å²) in [4.78, 5) is 0. The van der Waals surface area contributed by atoms with Crippen LogP contribution in [-0.4, -0.2) is 25.0 Å². The molecule has 0 saturated carbocycles. The maximum atomic E-state index is 13.9. The van der Waals surface area contributed by atoms with Gasteiger partial charge in [0.2, 0.25) is 0 Å². The molecular weight excluding hydrogens is 390 g/mol. The van der Waals surface area contributed by atoms with Gasteiger partial charge in [0.25, 0.3) is 0 Å². The van der Waals surface area contributed by atoms with E-state index in [0.29, 0.717) is 5.56 Å². The summed E-state index contributed by atoms with van der Waals surface area (Å²) in [6.45, 7) is 17.9. The van der Waals surface area contributed by atoms with Gasteiger partial charge in [-0.3, -0.25) is 4.57 Å². The van der Waals surface area contributed by atoms with Crippen LogP contribution in [-0.2, 0) is 17.4 Å². The van der Waals surface area contributed by atoms with Crippen LogP contribution in [0.3, 0.4) is 0 Å². The molecule has 0 heterocycles. The lowest BCUT2D eigenvalue weighted by atomic mass is 10.2. The maximum absolute atomic E-state index is 13.9. The summed E-state index contributed by atoms with van der Waals surface area (Å²) in [5.41, 5.74) is 0.628. The number of hydrogen-bond donors (Lipinski definition) is 0. The van der Waals surface area contributed by atoms with Crippen LogP contribution in [0.4, 0.5) is 4.39 Å². The van der Waals surface area contributed by atoms with E-state index in [0.717, 1.165) is 0 Å². The van der Waals surface area contributed by atoms with Gasteiger partial charge in [-0.1, -0.05) is 12.1 Å². The minimum absolute atomic E-state index is 0.345. The Balaban J connectivity index is 3.46. The van der Waals surface area contributed by atoms with Crippen LogP contribution >= 0.6 is 7.60 Å². The van der Waals surface area contributed by atoms with Gasteiger partial charge in [-0.25, -0.2) is 4.39 Å². The zero-order valence-electron chi connectivity index (χ0n) is 16.8. The third-order valence-corrected chi connectivity index (χ3v) is 11.2. The minimum Gasteiger partial charge on any atom is -0.400 e. The molecule has 0 bridgehead atoms. The zero-order chi connectivity index (χ0) is 19.7. The average Bonchev–Trinajstić information content (AvgIpc) is 2.31. The van der Waals surface area contributed by atoms with Gasteiger partial charge in [-0.05, 0) is 76.6 Å². The molecule has 0 amide bonds. The molecule has 0 aliphatic carbocycles. The van der Waals surface area contributed by atoms with Crippen molar-refractivity contribution < 1.29 is 21.8 Å². The second kappa shape index (κ2) is 7.88. The highest BCUT2D eigenvalue weighted by atomic mass is 31.2. The Bertz CT molecular complexity index is 598. The van der Waals surface area contributed by atoms with Crippen LogP contribution in [0.5, 0.6) is 0 Å². The fourth-order valence-corrected chi connectivity index (χ4v) is 12.3. The molecular formula is C16H32FO4PSi3. The van der Waals surface area contributed by atoms with Gasteiger partial charge >= 0.3 is 7.60 Å². The molecule has 1 unspecified atom stereocenters. The highest BCUT2D eigenvalue weighted by Gasteiger charge is 2.46. The molecule has 144 valence electrons. The van der Waals surface area contributed by atoms with E-state index in [1.807, 2.05) is 58.9 Å². The Morgan fingerprint density at radius 3 is 1.52 bits per heavy atom. The summed E-state index contributed by atoms with van der Waals surface area (Å²) < 4.78 is 45.8. The van der Waals surface area contributed by atoms with Gasteiger partial charge in [0, 0.05) is 0 Å². The Morgan fingerprint density at radius 1 is 0.800 bits per heavy atom. The van der Waals surface area contributed by atoms with Crippen LogP contribution in [0.15, 0.2) is 24.3 Å². The molecule has 4 nitrogen and oxygen atoms in total. The van der Waals surface area contributed by atoms with Crippen molar-refractivity contribution in [3.05, 3.63) is 35.6 Å². The van der Waals surface area contributed by atoms with Crippen LogP contribution in [0.1, 0.15) is 11.4 Å². The summed E-state index contributed by atoms with van der Waals surface area (Å²) in [5, 5.41) is 0. The van der Waals surface area contributed by atoms with Crippen LogP contribution < -0.4 is 0 Å². The van der Waals surface area contributed by atoms with Crippen molar-refractivity contribution in [2.75, 3.05) is 0 Å². The van der Waals surface area contributed by atoms with E-state index >= 15 is 0 Å². The third kappa shape index (κ3) is 8.43. The Kier molecular flexibility index (Phi) is 7.23. The largest absolute Gasteiger partial charge is 0.400 e. The fraction of sp³-hybridized carbons (Fsp3) is 0.625. The normalized spacial score (nSPS) is 15.3. The Labute approximate surface area is 155 Å². The van der Waals surface area contributed by atoms with E-state index in [2.05, 4.69) is 0 Å². The first-order chi connectivity index (χ1) is 11.0. The van der Waals surface area contributed by atoms with E-state index in [4.69, 9.17) is 12.9 Å². The average molecular weight is 423 g/mol. The lowest BCUT2D eigenvalue weighted by Crippen LogP contribution is -2.35. The molecule has 1 rings (SSSR count). The molecule has 0 aliphatic rings. The van der Waals surface area contributed by atoms with Gasteiger partial charge in [0.05, 0.1) is 0 Å². The Morgan fingerprint density at radius 2 is 1.20 bits per heavy atom. The number of benzene rings is 1. The molecule has 0 fully saturated rings. The quantitative estimate of drug-likeness (QED) is 0.351. The predicted octanol–water partition coefficient (Wildman–Crippen LogP) is 6.57. The van der Waals surface area contributed by atoms with Crippen LogP contribution in [0.25, 0.3) is 0 Å². The molecule has 0 aromatic heterocycles. The molecule has 0 aliphatic heterocycles. The van der Waals surface area contributed by atoms with Gasteiger partial charge in [-0.15, -0.1) is 0 Å². The summed E-state index contributed by atoms with van der Waals surface area (Å²) in [6.07, 6.45) is 0. The van der Waals surface area contributed by atoms with Crippen molar-refractivity contribution in [1.82, 2.24) is 0 Å². The van der Waals surface area contributed by atoms with Crippen LogP contribution in [0.2, 0.25) is 58.9 Å². The van der Waals surface area contributed by atoms with Gasteiger partial charge in [-0.2, -0.15) is 0 Å². The molecule has 0 radical (unpaired) electrons. The molecule has 1 atom stereocenters. The molecule has 9 heteroatoms. The summed E-state index contributed by atoms with van der Waals surface area (Å²) in [6, 6.07) is 5.91. The van der Waals surface area contributed by atoms with Crippen molar-refractivity contribution in [3.63, 3.8) is 0 Å². The van der Waals surface area contributed by atoms with E-state index in [-0.39, 0.29) is 5.82 Å². The highest BCUT2D eigenvalue weighted by Crippen LogP contribution is 2.65. The van der Waals surface area contributed by atoms with E-state index < -0.39 is 38.4 Å². The maximum Gasteiger partial charge on any atom is 0.343 e. The van der Waals surface area contributed by atoms with Gasteiger partial charge in [0.15, 0.2) is 30.8 Å². The predicted molar refractivity (Wildman–Crippen MR) is 110 cm³/mol. The Hall–Kier alpha value is -0.0894. The summed E-state index contributed by atoms with van der Waals surface area (Å²) in [7, 11) is -10.0. The van der Waals surface area contributed by atoms with Crippen molar-refractivity contribution >= 4 is 32.5 Å². The molecule has 0 saturated heterocycles. The zero-order valence-corrected chi connectivity index (χ0v) is 20.7. The molecule has 1 aromatic rings. The smallest absolute Gasteiger partial charge is 0.343 e. The van der Waals surface area contributed by atoms with Gasteiger partial charge < -0.3 is 12.9 Å². The highest BCUT2D eigenvalue weighted by molar-refractivity contribution is 7.57. The van der Waals surface area contributed by atoms with Gasteiger partial charge in [0.1, 0.15) is 5.82 Å². The summed E-state index contributed by atoms with van der Waals surface area (Å²) in [5.74, 6) is -1.18. The summed E-state index contributed by atoms with van der Waals surface area (Å²) >= 11 is 0. The van der Waals surface area contributed by atoms with E-state index in [1.54, 1.807) is 12.1 Å². The minimum atomic E-state index is -3.59. The second-order valence-electron chi connectivity index (χ2n) is 9.08. The van der Waals surface area contributed by atoms with Crippen molar-refractivity contribution in [1.29, 1.82) is 0 Å². The lowest BCUT2D eigenvalue weighted by molar-refractivity contribution is 0.225. The SMILES string of the molecule is C[Si](C)(C)OC(c1ccc(F)cc1)P(=O)(O[Si](C)(C)C)O[Si](C)(C)C. The first kappa shape index (κ1) is 23.0. The van der Waals surface area contributed by atoms with Crippen LogP contribution in [0, 0.1) is 5.82 Å². The second-order valence-corrected chi connectivity index (χ2v) is 25.0. The number of rotatable bonds is 8. The first-order valence-electron chi connectivity index (χ1n) is 8.45. The number of hydrogen-bond acceptors (Lipinski definition) is 4. The monoisotopic (exact) mass is 422 g/mol.